The average molecular weight is 881 g/mol. The fourth-order valence-electron chi connectivity index (χ4n) is 9.67. The minimum atomic E-state index is -4.77. The molecule has 0 unspecified atom stereocenters. The van der Waals surface area contributed by atoms with E-state index in [1.165, 1.54) is 12.1 Å². The van der Waals surface area contributed by atoms with Gasteiger partial charge in [0.15, 0.2) is 5.69 Å². The van der Waals surface area contributed by atoms with Gasteiger partial charge in [-0.2, -0.15) is 29.0 Å². The summed E-state index contributed by atoms with van der Waals surface area (Å²) in [5, 5.41) is 33.7. The second kappa shape index (κ2) is 16.1. The molecule has 11 rings (SSSR count). The summed E-state index contributed by atoms with van der Waals surface area (Å²) in [6.45, 7) is 7.84. The second-order valence-corrected chi connectivity index (χ2v) is 16.4. The van der Waals surface area contributed by atoms with Crippen LogP contribution in [0.15, 0.2) is 188 Å². The Morgan fingerprint density at radius 2 is 0.882 bits per heavy atom. The van der Waals surface area contributed by atoms with Gasteiger partial charge in [-0.15, -0.1) is 0 Å². The number of nitriles is 3. The second-order valence-electron chi connectivity index (χ2n) is 16.4. The van der Waals surface area contributed by atoms with E-state index in [9.17, 15) is 29.0 Å². The lowest BCUT2D eigenvalue weighted by atomic mass is 9.93. The van der Waals surface area contributed by atoms with Crippen LogP contribution in [0.3, 0.4) is 0 Å². The molecule has 0 bridgehead atoms. The number of rotatable bonds is 6. The van der Waals surface area contributed by atoms with E-state index in [1.54, 1.807) is 30.3 Å². The summed E-state index contributed by atoms with van der Waals surface area (Å²) < 4.78 is 49.0. The minimum Gasteiger partial charge on any atom is -0.309 e. The molecule has 6 nitrogen and oxygen atoms in total. The van der Waals surface area contributed by atoms with Crippen LogP contribution in [0.25, 0.3) is 104 Å². The Balaban J connectivity index is 1.23. The third-order valence-electron chi connectivity index (χ3n) is 12.7. The van der Waals surface area contributed by atoms with Crippen molar-refractivity contribution in [2.45, 2.75) is 6.18 Å². The van der Waals surface area contributed by atoms with Crippen molar-refractivity contribution in [1.29, 1.82) is 15.8 Å². The van der Waals surface area contributed by atoms with Crippen LogP contribution < -0.4 is 0 Å². The van der Waals surface area contributed by atoms with E-state index in [1.807, 2.05) is 140 Å². The van der Waals surface area contributed by atoms with Gasteiger partial charge < -0.3 is 9.13 Å². The van der Waals surface area contributed by atoms with Gasteiger partial charge in [-0.25, -0.2) is 4.85 Å². The summed E-state index contributed by atoms with van der Waals surface area (Å²) in [6, 6.07) is 63.7. The summed E-state index contributed by atoms with van der Waals surface area (Å²) in [4.78, 5) is 3.78. The van der Waals surface area contributed by atoms with Crippen LogP contribution >= 0.6 is 0 Å². The highest BCUT2D eigenvalue weighted by molar-refractivity contribution is 6.13. The predicted octanol–water partition coefficient (Wildman–Crippen LogP) is 15.7. The van der Waals surface area contributed by atoms with Crippen molar-refractivity contribution in [3.05, 3.63) is 222 Å². The van der Waals surface area contributed by atoms with Gasteiger partial charge in [-0.3, -0.25) is 0 Å². The van der Waals surface area contributed by atoms with E-state index in [0.717, 1.165) is 71.9 Å². The molecule has 0 saturated carbocycles. The van der Waals surface area contributed by atoms with Gasteiger partial charge >= 0.3 is 6.18 Å². The predicted molar refractivity (Wildman–Crippen MR) is 262 cm³/mol. The van der Waals surface area contributed by atoms with E-state index in [0.29, 0.717) is 39.3 Å². The molecule has 2 aromatic heterocycles. The van der Waals surface area contributed by atoms with Crippen LogP contribution in [0.2, 0.25) is 0 Å². The van der Waals surface area contributed by atoms with E-state index in [2.05, 4.69) is 32.2 Å². The number of halogens is 3. The van der Waals surface area contributed by atoms with E-state index in [4.69, 9.17) is 6.57 Å². The fraction of sp³-hybridized carbons (Fsp3) is 0.0169. The molecule has 0 aliphatic rings. The number of para-hydroxylation sites is 3. The number of hydrogen-bond acceptors (Lipinski definition) is 3. The highest BCUT2D eigenvalue weighted by Crippen LogP contribution is 2.46. The molecule has 68 heavy (non-hydrogen) atoms. The maximum absolute atomic E-state index is 14.9. The highest BCUT2D eigenvalue weighted by atomic mass is 19.4. The first-order valence-electron chi connectivity index (χ1n) is 21.5. The molecule has 0 N–H and O–H groups in total. The summed E-state index contributed by atoms with van der Waals surface area (Å²) in [5.74, 6) is 0. The smallest absolute Gasteiger partial charge is 0.309 e. The monoisotopic (exact) mass is 880 g/mol. The molecule has 9 aromatic carbocycles. The van der Waals surface area contributed by atoms with Gasteiger partial charge in [0.25, 0.3) is 0 Å². The van der Waals surface area contributed by atoms with Crippen molar-refractivity contribution < 1.29 is 13.2 Å². The summed E-state index contributed by atoms with van der Waals surface area (Å²) >= 11 is 0. The lowest BCUT2D eigenvalue weighted by Gasteiger charge is -2.21. The molecule has 0 spiro atoms. The zero-order valence-electron chi connectivity index (χ0n) is 35.7. The first-order valence-corrected chi connectivity index (χ1v) is 21.5. The SMILES string of the molecule is [C-]#[N+]c1ccccc1-c1ccc2c(c1)c1ccccc1n2-c1cc(C#N)ccc1-c1ccc(-c2ccc(C#N)cc2C(F)(F)F)cc1-n1c2ccccc2c2cc(-c3ccccc3C#N)ccc21. The molecule has 0 aliphatic heterocycles. The van der Waals surface area contributed by atoms with Crippen LogP contribution in [0.5, 0.6) is 0 Å². The Hall–Kier alpha value is -9.67. The van der Waals surface area contributed by atoms with Crippen molar-refractivity contribution in [3.8, 4) is 74.1 Å². The van der Waals surface area contributed by atoms with E-state index < -0.39 is 11.7 Å². The molecule has 0 atom stereocenters. The largest absolute Gasteiger partial charge is 0.417 e. The van der Waals surface area contributed by atoms with Crippen LogP contribution in [-0.4, -0.2) is 9.13 Å². The zero-order valence-corrected chi connectivity index (χ0v) is 35.7. The number of benzene rings is 9. The molecule has 0 aliphatic carbocycles. The van der Waals surface area contributed by atoms with Gasteiger partial charge in [0.05, 0.1) is 80.5 Å². The first kappa shape index (κ1) is 41.1. The molecule has 0 saturated heterocycles. The standard InChI is InChI=1S/C59H31F3N6/c1-66-52-15-7-4-12-44(52)39-22-27-55-50(31-39)46-14-5-8-16-53(46)67(55)57-29-37(34-64)19-24-47(57)48-25-20-40(43-23-18-36(33-63)28-51(43)59(60,61)62)32-58(48)68-54-17-9-6-13-45(54)49-30-38(21-26-56(49)68)42-11-3-2-10-41(42)35-65/h2-32H. The van der Waals surface area contributed by atoms with Crippen molar-refractivity contribution in [2.24, 2.45) is 0 Å². The lowest BCUT2D eigenvalue weighted by molar-refractivity contribution is -0.137. The number of fused-ring (bicyclic) bond motifs is 6. The van der Waals surface area contributed by atoms with Gasteiger partial charge in [0.1, 0.15) is 0 Å². The van der Waals surface area contributed by atoms with Crippen LogP contribution in [-0.2, 0) is 6.18 Å². The molecule has 0 amide bonds. The normalized spacial score (nSPS) is 11.4. The zero-order chi connectivity index (χ0) is 46.7. The third-order valence-corrected chi connectivity index (χ3v) is 12.7. The van der Waals surface area contributed by atoms with Crippen LogP contribution in [0.1, 0.15) is 22.3 Å². The maximum Gasteiger partial charge on any atom is 0.417 e. The van der Waals surface area contributed by atoms with Gasteiger partial charge in [-0.05, 0) is 106 Å². The van der Waals surface area contributed by atoms with Crippen LogP contribution in [0.4, 0.5) is 18.9 Å². The maximum atomic E-state index is 14.9. The highest BCUT2D eigenvalue weighted by Gasteiger charge is 2.34. The Labute approximate surface area is 387 Å². The summed E-state index contributed by atoms with van der Waals surface area (Å²) in [5.41, 5.74) is 9.81. The number of nitrogens with zero attached hydrogens (tertiary/aromatic N) is 6. The van der Waals surface area contributed by atoms with Crippen molar-refractivity contribution in [1.82, 2.24) is 9.13 Å². The number of aromatic nitrogens is 2. The van der Waals surface area contributed by atoms with Gasteiger partial charge in [0.2, 0.25) is 0 Å². The van der Waals surface area contributed by atoms with Crippen molar-refractivity contribution in [3.63, 3.8) is 0 Å². The minimum absolute atomic E-state index is 0.0847. The Morgan fingerprint density at radius 3 is 1.49 bits per heavy atom. The van der Waals surface area contributed by atoms with Crippen LogP contribution in [0, 0.1) is 40.6 Å². The quantitative estimate of drug-likeness (QED) is 0.156. The summed E-state index contributed by atoms with van der Waals surface area (Å²) in [7, 11) is 0. The lowest BCUT2D eigenvalue weighted by Crippen LogP contribution is -2.08. The molecular weight excluding hydrogens is 850 g/mol. The topological polar surface area (TPSA) is 85.6 Å². The van der Waals surface area contributed by atoms with Crippen molar-refractivity contribution in [2.75, 3.05) is 0 Å². The molecule has 0 radical (unpaired) electrons. The van der Waals surface area contributed by atoms with E-state index >= 15 is 0 Å². The molecular formula is C59H31F3N6. The van der Waals surface area contributed by atoms with Gasteiger partial charge in [0, 0.05) is 32.7 Å². The van der Waals surface area contributed by atoms with E-state index in [-0.39, 0.29) is 16.7 Å². The number of hydrogen-bond donors (Lipinski definition) is 0. The van der Waals surface area contributed by atoms with Crippen molar-refractivity contribution >= 4 is 49.3 Å². The molecule has 11 aromatic rings. The third kappa shape index (κ3) is 6.63. The fourth-order valence-corrected chi connectivity index (χ4v) is 9.67. The van der Waals surface area contributed by atoms with Gasteiger partial charge in [-0.1, -0.05) is 115 Å². The molecule has 2 heterocycles. The Kier molecular flexibility index (Phi) is 9.72. The average Bonchev–Trinajstić information content (AvgIpc) is 3.89. The summed E-state index contributed by atoms with van der Waals surface area (Å²) in [6.07, 6.45) is -4.77. The first-order chi connectivity index (χ1) is 33.2. The Bertz CT molecular complexity index is 4090. The Morgan fingerprint density at radius 1 is 0.412 bits per heavy atom. The molecule has 318 valence electrons. The number of alkyl halides is 3. The molecule has 9 heteroatoms. The molecule has 0 fully saturated rings.